The van der Waals surface area contributed by atoms with E-state index in [1.165, 1.54) is 4.68 Å². The fraction of sp³-hybridized carbons (Fsp3) is 0.167. The minimum Gasteiger partial charge on any atom is -0.476 e. The van der Waals surface area contributed by atoms with Gasteiger partial charge in [0.1, 0.15) is 6.54 Å². The molecule has 0 saturated carbocycles. The number of benzene rings is 1. The molecule has 0 amide bonds. The van der Waals surface area contributed by atoms with Gasteiger partial charge in [-0.15, -0.1) is 5.10 Å². The van der Waals surface area contributed by atoms with Crippen molar-refractivity contribution in [3.8, 4) is 6.07 Å². The second-order valence-corrected chi connectivity index (χ2v) is 4.25. The van der Waals surface area contributed by atoms with Crippen LogP contribution in [-0.4, -0.2) is 26.1 Å². The van der Waals surface area contributed by atoms with E-state index in [0.29, 0.717) is 17.1 Å². The minimum atomic E-state index is -1.16. The minimum absolute atomic E-state index is 0.0385. The van der Waals surface area contributed by atoms with Gasteiger partial charge >= 0.3 is 5.97 Å². The number of carboxylic acid groups (broad SMARTS) is 1. The Balaban J connectivity index is 2.37. The zero-order valence-corrected chi connectivity index (χ0v) is 10.5. The molecule has 1 N–H and O–H groups in total. The Bertz CT molecular complexity index is 643. The molecule has 0 spiro atoms. The van der Waals surface area contributed by atoms with Crippen LogP contribution in [0, 0.1) is 11.3 Å². The smallest absolute Gasteiger partial charge is 0.358 e. The number of aromatic nitrogens is 3. The molecular formula is C12H9ClN4O2. The predicted octanol–water partition coefficient (Wildman–Crippen LogP) is 1.74. The number of rotatable bonds is 4. The van der Waals surface area contributed by atoms with Crippen LogP contribution in [0.1, 0.15) is 21.7 Å². The van der Waals surface area contributed by atoms with Crippen molar-refractivity contribution in [1.29, 1.82) is 5.26 Å². The van der Waals surface area contributed by atoms with Crippen molar-refractivity contribution in [2.45, 2.75) is 13.0 Å². The van der Waals surface area contributed by atoms with Crippen LogP contribution in [0.3, 0.4) is 0 Å². The number of carbonyl (C=O) groups is 1. The van der Waals surface area contributed by atoms with Crippen molar-refractivity contribution in [2.75, 3.05) is 0 Å². The molecule has 1 heterocycles. The second-order valence-electron chi connectivity index (χ2n) is 3.81. The topological polar surface area (TPSA) is 91.8 Å². The van der Waals surface area contributed by atoms with Crippen molar-refractivity contribution >= 4 is 17.6 Å². The molecule has 6 nitrogen and oxygen atoms in total. The van der Waals surface area contributed by atoms with E-state index in [-0.39, 0.29) is 12.2 Å². The Morgan fingerprint density at radius 3 is 2.68 bits per heavy atom. The van der Waals surface area contributed by atoms with Crippen LogP contribution in [0.5, 0.6) is 0 Å². The maximum atomic E-state index is 11.1. The summed E-state index contributed by atoms with van der Waals surface area (Å²) in [6, 6.07) is 8.93. The monoisotopic (exact) mass is 276 g/mol. The van der Waals surface area contributed by atoms with Crippen molar-refractivity contribution in [3.05, 3.63) is 46.2 Å². The summed E-state index contributed by atoms with van der Waals surface area (Å²) in [4.78, 5) is 11.1. The molecule has 7 heteroatoms. The van der Waals surface area contributed by atoms with E-state index in [2.05, 4.69) is 10.3 Å². The molecular weight excluding hydrogens is 268 g/mol. The van der Waals surface area contributed by atoms with Gasteiger partial charge < -0.3 is 5.11 Å². The third kappa shape index (κ3) is 2.89. The van der Waals surface area contributed by atoms with Gasteiger partial charge in [-0.1, -0.05) is 28.9 Å². The Morgan fingerprint density at radius 2 is 2.11 bits per heavy atom. The number of carboxylic acids is 1. The molecule has 2 rings (SSSR count). The number of hydrogen-bond donors (Lipinski definition) is 1. The third-order valence-electron chi connectivity index (χ3n) is 2.55. The standard InChI is InChI=1S/C12H9ClN4O2/c13-9-3-1-8(2-4-9)7-10-11(12(18)19)15-16-17(10)6-5-14/h1-4H,6-7H2,(H,18,19). The highest BCUT2D eigenvalue weighted by atomic mass is 35.5. The van der Waals surface area contributed by atoms with Gasteiger partial charge in [0.05, 0.1) is 11.8 Å². The first-order chi connectivity index (χ1) is 9.11. The highest BCUT2D eigenvalue weighted by Gasteiger charge is 2.18. The maximum absolute atomic E-state index is 11.1. The summed E-state index contributed by atoms with van der Waals surface area (Å²) in [5.41, 5.74) is 1.13. The lowest BCUT2D eigenvalue weighted by Crippen LogP contribution is -2.08. The van der Waals surface area contributed by atoms with Gasteiger partial charge in [-0.05, 0) is 17.7 Å². The van der Waals surface area contributed by atoms with E-state index in [1.54, 1.807) is 24.3 Å². The van der Waals surface area contributed by atoms with Gasteiger partial charge in [0.25, 0.3) is 0 Å². The summed E-state index contributed by atoms with van der Waals surface area (Å²) in [6.45, 7) is -0.0385. The molecule has 0 aliphatic rings. The third-order valence-corrected chi connectivity index (χ3v) is 2.80. The van der Waals surface area contributed by atoms with Gasteiger partial charge in [-0.3, -0.25) is 0 Å². The molecule has 2 aromatic rings. The van der Waals surface area contributed by atoms with E-state index in [1.807, 2.05) is 6.07 Å². The first kappa shape index (κ1) is 13.1. The fourth-order valence-corrected chi connectivity index (χ4v) is 1.79. The molecule has 0 unspecified atom stereocenters. The average molecular weight is 277 g/mol. The van der Waals surface area contributed by atoms with Crippen LogP contribution >= 0.6 is 11.6 Å². The quantitative estimate of drug-likeness (QED) is 0.918. The van der Waals surface area contributed by atoms with Crippen molar-refractivity contribution in [1.82, 2.24) is 15.0 Å². The number of hydrogen-bond acceptors (Lipinski definition) is 4. The lowest BCUT2D eigenvalue weighted by molar-refractivity contribution is 0.0689. The lowest BCUT2D eigenvalue weighted by atomic mass is 10.1. The van der Waals surface area contributed by atoms with Crippen LogP contribution in [0.2, 0.25) is 5.02 Å². The normalized spacial score (nSPS) is 10.1. The molecule has 0 fully saturated rings. The maximum Gasteiger partial charge on any atom is 0.358 e. The Morgan fingerprint density at radius 1 is 1.42 bits per heavy atom. The zero-order chi connectivity index (χ0) is 13.8. The van der Waals surface area contributed by atoms with Gasteiger partial charge in [-0.25, -0.2) is 9.48 Å². The van der Waals surface area contributed by atoms with Crippen LogP contribution in [0.25, 0.3) is 0 Å². The molecule has 0 atom stereocenters. The SMILES string of the molecule is N#CCn1nnc(C(=O)O)c1Cc1ccc(Cl)cc1. The number of aromatic carboxylic acids is 1. The van der Waals surface area contributed by atoms with E-state index in [4.69, 9.17) is 22.0 Å². The summed E-state index contributed by atoms with van der Waals surface area (Å²) in [6.07, 6.45) is 0.327. The second kappa shape index (κ2) is 5.50. The summed E-state index contributed by atoms with van der Waals surface area (Å²) in [5, 5.41) is 25.6. The molecule has 1 aromatic carbocycles. The largest absolute Gasteiger partial charge is 0.476 e. The molecule has 1 aromatic heterocycles. The first-order valence-electron chi connectivity index (χ1n) is 5.39. The molecule has 0 bridgehead atoms. The van der Waals surface area contributed by atoms with Crippen molar-refractivity contribution in [3.63, 3.8) is 0 Å². The van der Waals surface area contributed by atoms with Gasteiger partial charge in [0.2, 0.25) is 0 Å². The number of halogens is 1. The van der Waals surface area contributed by atoms with Gasteiger partial charge in [0, 0.05) is 11.4 Å². The summed E-state index contributed by atoms with van der Waals surface area (Å²) < 4.78 is 1.29. The van der Waals surface area contributed by atoms with Crippen molar-refractivity contribution < 1.29 is 9.90 Å². The number of nitrogens with zero attached hydrogens (tertiary/aromatic N) is 4. The Labute approximate surface area is 113 Å². The van der Waals surface area contributed by atoms with Crippen molar-refractivity contribution in [2.24, 2.45) is 0 Å². The first-order valence-corrected chi connectivity index (χ1v) is 5.76. The molecule has 19 heavy (non-hydrogen) atoms. The van der Waals surface area contributed by atoms with Crippen LogP contribution in [-0.2, 0) is 13.0 Å². The Hall–Kier alpha value is -2.39. The molecule has 0 saturated heterocycles. The van der Waals surface area contributed by atoms with Gasteiger partial charge in [0.15, 0.2) is 5.69 Å². The highest BCUT2D eigenvalue weighted by molar-refractivity contribution is 6.30. The van der Waals surface area contributed by atoms with Gasteiger partial charge in [-0.2, -0.15) is 5.26 Å². The van der Waals surface area contributed by atoms with E-state index in [0.717, 1.165) is 5.56 Å². The highest BCUT2D eigenvalue weighted by Crippen LogP contribution is 2.15. The zero-order valence-electron chi connectivity index (χ0n) is 9.75. The molecule has 0 aliphatic heterocycles. The van der Waals surface area contributed by atoms with E-state index >= 15 is 0 Å². The number of nitriles is 1. The van der Waals surface area contributed by atoms with Crippen LogP contribution in [0.4, 0.5) is 0 Å². The average Bonchev–Trinajstić information content (AvgIpc) is 2.76. The summed E-state index contributed by atoms with van der Waals surface area (Å²) in [5.74, 6) is -1.16. The van der Waals surface area contributed by atoms with E-state index < -0.39 is 5.97 Å². The molecule has 96 valence electrons. The molecule has 0 aliphatic carbocycles. The van der Waals surface area contributed by atoms with E-state index in [9.17, 15) is 4.79 Å². The summed E-state index contributed by atoms with van der Waals surface area (Å²) >= 11 is 5.79. The Kier molecular flexibility index (Phi) is 3.78. The fourth-order valence-electron chi connectivity index (χ4n) is 1.66. The van der Waals surface area contributed by atoms with Crippen LogP contribution < -0.4 is 0 Å². The lowest BCUT2D eigenvalue weighted by Gasteiger charge is -2.04. The molecule has 0 radical (unpaired) electrons. The summed E-state index contributed by atoms with van der Waals surface area (Å²) in [7, 11) is 0. The van der Waals surface area contributed by atoms with Crippen LogP contribution in [0.15, 0.2) is 24.3 Å². The predicted molar refractivity (Wildman–Crippen MR) is 66.9 cm³/mol.